The molecule has 10 nitrogen and oxygen atoms in total. The van der Waals surface area contributed by atoms with Crippen LogP contribution in [0.25, 0.3) is 10.2 Å². The van der Waals surface area contributed by atoms with Crippen LogP contribution in [0, 0.1) is 0 Å². The van der Waals surface area contributed by atoms with Gasteiger partial charge in [-0.25, -0.2) is 13.4 Å². The molecule has 1 saturated heterocycles. The first-order chi connectivity index (χ1) is 19.4. The maximum Gasteiger partial charge on any atom is 0.261 e. The van der Waals surface area contributed by atoms with E-state index in [2.05, 4.69) is 19.8 Å². The van der Waals surface area contributed by atoms with Crippen LogP contribution in [-0.2, 0) is 10.0 Å². The number of piperazine rings is 1. The van der Waals surface area contributed by atoms with Crippen LogP contribution in [0.2, 0.25) is 0 Å². The summed E-state index contributed by atoms with van der Waals surface area (Å²) in [6.45, 7) is 4.52. The van der Waals surface area contributed by atoms with Crippen LogP contribution < -0.4 is 24.4 Å². The van der Waals surface area contributed by atoms with Crippen LogP contribution in [0.1, 0.15) is 10.4 Å². The maximum atomic E-state index is 12.8. The molecular formula is C28H31N5O5S2. The van der Waals surface area contributed by atoms with Crippen LogP contribution in [0.4, 0.5) is 10.8 Å². The summed E-state index contributed by atoms with van der Waals surface area (Å²) in [7, 11) is -0.440. The van der Waals surface area contributed by atoms with Gasteiger partial charge in [-0.3, -0.25) is 14.4 Å². The number of methoxy groups -OCH3 is 2. The first-order valence-electron chi connectivity index (χ1n) is 12.8. The van der Waals surface area contributed by atoms with Gasteiger partial charge in [-0.05, 0) is 42.5 Å². The van der Waals surface area contributed by atoms with Crippen molar-refractivity contribution < 1.29 is 22.7 Å². The highest BCUT2D eigenvalue weighted by atomic mass is 32.2. The minimum absolute atomic E-state index is 0.160. The number of hydrogen-bond donors (Lipinski definition) is 2. The van der Waals surface area contributed by atoms with Crippen molar-refractivity contribution in [3.8, 4) is 11.5 Å². The number of rotatable bonds is 10. The lowest BCUT2D eigenvalue weighted by Crippen LogP contribution is -2.48. The highest BCUT2D eigenvalue weighted by Crippen LogP contribution is 2.40. The van der Waals surface area contributed by atoms with E-state index in [4.69, 9.17) is 14.5 Å². The fourth-order valence-corrected chi connectivity index (χ4v) is 6.74. The third-order valence-corrected chi connectivity index (χ3v) is 9.21. The minimum Gasteiger partial charge on any atom is -0.495 e. The summed E-state index contributed by atoms with van der Waals surface area (Å²) in [6.07, 6.45) is 0. The van der Waals surface area contributed by atoms with E-state index in [1.54, 1.807) is 62.0 Å². The van der Waals surface area contributed by atoms with E-state index in [-0.39, 0.29) is 10.8 Å². The largest absolute Gasteiger partial charge is 0.495 e. The molecule has 1 aliphatic rings. The highest BCUT2D eigenvalue weighted by Gasteiger charge is 2.22. The Balaban J connectivity index is 1.12. The molecule has 0 atom stereocenters. The van der Waals surface area contributed by atoms with Gasteiger partial charge in [0.25, 0.3) is 15.9 Å². The van der Waals surface area contributed by atoms with Gasteiger partial charge in [0.05, 0.1) is 19.1 Å². The number of carbonyl (C=O) groups is 1. The zero-order chi connectivity index (χ0) is 28.1. The molecule has 0 bridgehead atoms. The number of anilines is 2. The Morgan fingerprint density at radius 2 is 1.68 bits per heavy atom. The number of amides is 1. The van der Waals surface area contributed by atoms with Crippen molar-refractivity contribution in [3.05, 3.63) is 72.3 Å². The average Bonchev–Trinajstić information content (AvgIpc) is 3.43. The van der Waals surface area contributed by atoms with Gasteiger partial charge in [0.15, 0.2) is 5.13 Å². The molecule has 4 aromatic rings. The molecule has 1 aliphatic heterocycles. The van der Waals surface area contributed by atoms with E-state index >= 15 is 0 Å². The van der Waals surface area contributed by atoms with E-state index in [9.17, 15) is 13.2 Å². The van der Waals surface area contributed by atoms with Crippen LogP contribution in [-0.4, -0.2) is 77.7 Å². The lowest BCUT2D eigenvalue weighted by molar-refractivity contribution is 0.0948. The summed E-state index contributed by atoms with van der Waals surface area (Å²) in [4.78, 5) is 22.3. The summed E-state index contributed by atoms with van der Waals surface area (Å²) >= 11 is 1.60. The Hall–Kier alpha value is -3.87. The van der Waals surface area contributed by atoms with Crippen molar-refractivity contribution in [3.63, 3.8) is 0 Å². The predicted molar refractivity (Wildman–Crippen MR) is 157 cm³/mol. The monoisotopic (exact) mass is 581 g/mol. The number of nitrogens with zero attached hydrogens (tertiary/aromatic N) is 3. The normalized spacial score (nSPS) is 14.2. The van der Waals surface area contributed by atoms with E-state index in [1.807, 2.05) is 12.1 Å². The summed E-state index contributed by atoms with van der Waals surface area (Å²) in [5, 5.41) is 3.88. The van der Waals surface area contributed by atoms with E-state index < -0.39 is 10.0 Å². The standard InChI is InChI=1S/C28H31N5O5S2/c1-37-23-11-12-24(38-2)26-25(23)30-28(39-26)33-17-15-32(16-18-33)14-13-29-27(34)20-7-6-8-21(19-20)31-40(35,36)22-9-4-3-5-10-22/h3-12,19,31H,13-18H2,1-2H3,(H,29,34). The summed E-state index contributed by atoms with van der Waals surface area (Å²) < 4.78 is 39.7. The molecule has 40 heavy (non-hydrogen) atoms. The Morgan fingerprint density at radius 1 is 0.950 bits per heavy atom. The zero-order valence-electron chi connectivity index (χ0n) is 22.3. The second-order valence-corrected chi connectivity index (χ2v) is 11.9. The van der Waals surface area contributed by atoms with Crippen LogP contribution in [0.15, 0.2) is 71.6 Å². The molecule has 0 aliphatic carbocycles. The number of fused-ring (bicyclic) bond motifs is 1. The molecular weight excluding hydrogens is 550 g/mol. The number of carbonyl (C=O) groups excluding carboxylic acids is 1. The minimum atomic E-state index is -3.74. The Bertz CT molecular complexity index is 1540. The van der Waals surface area contributed by atoms with Gasteiger partial charge in [-0.15, -0.1) is 0 Å². The van der Waals surface area contributed by atoms with Gasteiger partial charge < -0.3 is 19.7 Å². The van der Waals surface area contributed by atoms with Crippen molar-refractivity contribution in [2.75, 3.05) is 63.1 Å². The lowest BCUT2D eigenvalue weighted by Gasteiger charge is -2.34. The molecule has 0 radical (unpaired) electrons. The number of hydrogen-bond acceptors (Lipinski definition) is 9. The highest BCUT2D eigenvalue weighted by molar-refractivity contribution is 7.92. The van der Waals surface area contributed by atoms with Gasteiger partial charge in [-0.2, -0.15) is 0 Å². The number of nitrogens with one attached hydrogen (secondary N) is 2. The van der Waals surface area contributed by atoms with Gasteiger partial charge >= 0.3 is 0 Å². The second-order valence-electron chi connectivity index (χ2n) is 9.23. The first kappa shape index (κ1) is 27.7. The molecule has 1 fully saturated rings. The molecule has 2 heterocycles. The topological polar surface area (TPSA) is 113 Å². The average molecular weight is 582 g/mol. The molecule has 5 rings (SSSR count). The molecule has 210 valence electrons. The fourth-order valence-electron chi connectivity index (χ4n) is 4.54. The van der Waals surface area contributed by atoms with E-state index in [1.165, 1.54) is 18.2 Å². The van der Waals surface area contributed by atoms with E-state index in [0.717, 1.165) is 53.0 Å². The third-order valence-electron chi connectivity index (χ3n) is 6.69. The van der Waals surface area contributed by atoms with E-state index in [0.29, 0.717) is 24.3 Å². The van der Waals surface area contributed by atoms with Crippen molar-refractivity contribution in [1.29, 1.82) is 0 Å². The molecule has 0 spiro atoms. The Morgan fingerprint density at radius 3 is 2.40 bits per heavy atom. The number of sulfonamides is 1. The van der Waals surface area contributed by atoms with Crippen LogP contribution >= 0.6 is 11.3 Å². The van der Waals surface area contributed by atoms with Gasteiger partial charge in [0, 0.05) is 50.5 Å². The van der Waals surface area contributed by atoms with Gasteiger partial charge in [0.2, 0.25) is 0 Å². The first-order valence-corrected chi connectivity index (χ1v) is 15.1. The molecule has 12 heteroatoms. The van der Waals surface area contributed by atoms with Crippen LogP contribution in [0.5, 0.6) is 11.5 Å². The smallest absolute Gasteiger partial charge is 0.261 e. The SMILES string of the molecule is COc1ccc(OC)c2sc(N3CCN(CCNC(=O)c4cccc(NS(=O)(=O)c5ccccc5)c4)CC3)nc12. The molecule has 0 saturated carbocycles. The molecule has 2 N–H and O–H groups in total. The van der Waals surface area contributed by atoms with Crippen molar-refractivity contribution in [2.24, 2.45) is 0 Å². The second kappa shape index (κ2) is 12.1. The Labute approximate surface area is 237 Å². The van der Waals surface area contributed by atoms with Crippen LogP contribution in [0.3, 0.4) is 0 Å². The van der Waals surface area contributed by atoms with Gasteiger partial charge in [0.1, 0.15) is 21.7 Å². The number of aromatic nitrogens is 1. The summed E-state index contributed by atoms with van der Waals surface area (Å²) in [5.74, 6) is 1.26. The lowest BCUT2D eigenvalue weighted by atomic mass is 10.2. The fraction of sp³-hybridized carbons (Fsp3) is 0.286. The van der Waals surface area contributed by atoms with Crippen molar-refractivity contribution in [1.82, 2.24) is 15.2 Å². The van der Waals surface area contributed by atoms with Gasteiger partial charge in [-0.1, -0.05) is 35.6 Å². The molecule has 1 aromatic heterocycles. The quantitative estimate of drug-likeness (QED) is 0.292. The summed E-state index contributed by atoms with van der Waals surface area (Å²) in [5.41, 5.74) is 1.53. The molecule has 1 amide bonds. The number of benzene rings is 3. The number of thiazole rings is 1. The zero-order valence-corrected chi connectivity index (χ0v) is 23.9. The molecule has 0 unspecified atom stereocenters. The maximum absolute atomic E-state index is 12.8. The number of ether oxygens (including phenoxy) is 2. The predicted octanol–water partition coefficient (Wildman–Crippen LogP) is 3.67. The van der Waals surface area contributed by atoms with Crippen molar-refractivity contribution >= 4 is 48.3 Å². The van der Waals surface area contributed by atoms with Crippen molar-refractivity contribution in [2.45, 2.75) is 4.90 Å². The third kappa shape index (κ3) is 6.14. The Kier molecular flexibility index (Phi) is 8.38. The molecule has 3 aromatic carbocycles. The summed E-state index contributed by atoms with van der Waals surface area (Å²) in [6, 6.07) is 18.4.